The van der Waals surface area contributed by atoms with Crippen molar-refractivity contribution in [2.75, 3.05) is 16.6 Å². The van der Waals surface area contributed by atoms with E-state index < -0.39 is 15.9 Å². The monoisotopic (exact) mass is 472 g/mol. The summed E-state index contributed by atoms with van der Waals surface area (Å²) in [6.45, 7) is 6.29. The highest BCUT2D eigenvalue weighted by Crippen LogP contribution is 2.30. The summed E-state index contributed by atoms with van der Waals surface area (Å²) in [4.78, 5) is 12.7. The van der Waals surface area contributed by atoms with E-state index in [1.807, 2.05) is 12.1 Å². The predicted octanol–water partition coefficient (Wildman–Crippen LogP) is 5.92. The second-order valence-corrected chi connectivity index (χ2v) is 9.56. The number of halogens is 1. The third-order valence-corrected chi connectivity index (χ3v) is 6.34. The lowest BCUT2D eigenvalue weighted by Gasteiger charge is -2.15. The van der Waals surface area contributed by atoms with Crippen molar-refractivity contribution in [1.29, 1.82) is 0 Å². The summed E-state index contributed by atoms with van der Waals surface area (Å²) in [5.74, 6) is 0.279. The van der Waals surface area contributed by atoms with Crippen molar-refractivity contribution < 1.29 is 17.9 Å². The highest BCUT2D eigenvalue weighted by atomic mass is 35.5. The number of ether oxygens (including phenoxy) is 1. The number of hydrogen-bond donors (Lipinski definition) is 2. The molecular formula is C24H25ClN2O4S. The minimum atomic E-state index is -3.89. The first-order chi connectivity index (χ1) is 15.2. The number of anilines is 2. The summed E-state index contributed by atoms with van der Waals surface area (Å²) < 4.78 is 34.1. The first-order valence-corrected chi connectivity index (χ1v) is 12.0. The van der Waals surface area contributed by atoms with E-state index in [2.05, 4.69) is 23.9 Å². The third kappa shape index (κ3) is 5.81. The topological polar surface area (TPSA) is 84.5 Å². The summed E-state index contributed by atoms with van der Waals surface area (Å²) in [6, 6.07) is 18.0. The van der Waals surface area contributed by atoms with Gasteiger partial charge in [0.15, 0.2) is 0 Å². The van der Waals surface area contributed by atoms with Gasteiger partial charge in [-0.05, 0) is 66.9 Å². The van der Waals surface area contributed by atoms with Gasteiger partial charge >= 0.3 is 0 Å². The fraction of sp³-hybridized carbons (Fsp3) is 0.208. The maximum Gasteiger partial charge on any atom is 0.261 e. The van der Waals surface area contributed by atoms with Crippen LogP contribution in [0.3, 0.4) is 0 Å². The Hall–Kier alpha value is -3.03. The van der Waals surface area contributed by atoms with Gasteiger partial charge in [0.1, 0.15) is 5.75 Å². The van der Waals surface area contributed by atoms with Gasteiger partial charge in [-0.1, -0.05) is 43.6 Å². The number of benzene rings is 3. The number of amides is 1. The lowest BCUT2D eigenvalue weighted by atomic mass is 10.0. The summed E-state index contributed by atoms with van der Waals surface area (Å²) in [6.07, 6.45) is 0. The molecule has 0 fully saturated rings. The van der Waals surface area contributed by atoms with E-state index in [1.54, 1.807) is 37.3 Å². The zero-order chi connectivity index (χ0) is 23.3. The fourth-order valence-electron chi connectivity index (χ4n) is 3.03. The standard InChI is InChI=1S/C24H25ClN2O4S/c1-4-31-23-13-12-21(15-22(23)26-24(28)18-6-5-7-19(25)14-18)32(29,30)27-20-10-8-17(9-11-20)16(2)3/h5-16,27H,4H2,1-3H3,(H,26,28). The van der Waals surface area contributed by atoms with Crippen LogP contribution in [-0.2, 0) is 10.0 Å². The average molecular weight is 473 g/mol. The summed E-state index contributed by atoms with van der Waals surface area (Å²) in [5.41, 5.74) is 2.15. The van der Waals surface area contributed by atoms with E-state index >= 15 is 0 Å². The Morgan fingerprint density at radius 3 is 2.38 bits per heavy atom. The normalized spacial score (nSPS) is 11.3. The van der Waals surface area contributed by atoms with Crippen LogP contribution >= 0.6 is 11.6 Å². The Morgan fingerprint density at radius 2 is 1.75 bits per heavy atom. The number of sulfonamides is 1. The van der Waals surface area contributed by atoms with Gasteiger partial charge in [0, 0.05) is 16.3 Å². The van der Waals surface area contributed by atoms with E-state index in [4.69, 9.17) is 16.3 Å². The van der Waals surface area contributed by atoms with E-state index in [-0.39, 0.29) is 10.6 Å². The Labute approximate surface area is 193 Å². The second kappa shape index (κ2) is 10.1. The molecule has 6 nitrogen and oxygen atoms in total. The molecule has 0 unspecified atom stereocenters. The molecule has 0 radical (unpaired) electrons. The maximum absolute atomic E-state index is 13.0. The number of carbonyl (C=O) groups excluding carboxylic acids is 1. The van der Waals surface area contributed by atoms with Crippen molar-refractivity contribution in [3.8, 4) is 5.75 Å². The molecule has 0 aliphatic carbocycles. The van der Waals surface area contributed by atoms with Gasteiger partial charge < -0.3 is 10.1 Å². The van der Waals surface area contributed by atoms with E-state index in [9.17, 15) is 13.2 Å². The largest absolute Gasteiger partial charge is 0.492 e. The SMILES string of the molecule is CCOc1ccc(S(=O)(=O)Nc2ccc(C(C)C)cc2)cc1NC(=O)c1cccc(Cl)c1. The summed E-state index contributed by atoms with van der Waals surface area (Å²) in [7, 11) is -3.89. The van der Waals surface area contributed by atoms with Crippen LogP contribution in [0.25, 0.3) is 0 Å². The minimum Gasteiger partial charge on any atom is -0.492 e. The Kier molecular flexibility index (Phi) is 7.43. The van der Waals surface area contributed by atoms with E-state index in [0.717, 1.165) is 5.56 Å². The number of nitrogens with one attached hydrogen (secondary N) is 2. The molecule has 0 bridgehead atoms. The molecule has 3 rings (SSSR count). The van der Waals surface area contributed by atoms with Crippen LogP contribution in [0, 0.1) is 0 Å². The highest BCUT2D eigenvalue weighted by Gasteiger charge is 2.19. The zero-order valence-electron chi connectivity index (χ0n) is 18.1. The van der Waals surface area contributed by atoms with Crippen LogP contribution < -0.4 is 14.8 Å². The molecule has 0 aliphatic rings. The van der Waals surface area contributed by atoms with Crippen LogP contribution in [0.15, 0.2) is 71.6 Å². The van der Waals surface area contributed by atoms with Crippen molar-refractivity contribution in [3.05, 3.63) is 82.9 Å². The number of rotatable bonds is 8. The quantitative estimate of drug-likeness (QED) is 0.426. The molecule has 0 atom stereocenters. The predicted molar refractivity (Wildman–Crippen MR) is 128 cm³/mol. The Balaban J connectivity index is 1.88. The van der Waals surface area contributed by atoms with Crippen LogP contribution in [0.2, 0.25) is 5.02 Å². The molecule has 0 spiro atoms. The van der Waals surface area contributed by atoms with Crippen LogP contribution in [0.5, 0.6) is 5.75 Å². The molecule has 2 N–H and O–H groups in total. The number of carbonyl (C=O) groups is 1. The van der Waals surface area contributed by atoms with Crippen LogP contribution in [0.1, 0.15) is 42.6 Å². The number of hydrogen-bond acceptors (Lipinski definition) is 4. The minimum absolute atomic E-state index is 0.00437. The van der Waals surface area contributed by atoms with Crippen molar-refractivity contribution in [3.63, 3.8) is 0 Å². The molecule has 0 saturated heterocycles. The lowest BCUT2D eigenvalue weighted by Crippen LogP contribution is -2.16. The molecule has 0 saturated carbocycles. The lowest BCUT2D eigenvalue weighted by molar-refractivity contribution is 0.102. The highest BCUT2D eigenvalue weighted by molar-refractivity contribution is 7.92. The van der Waals surface area contributed by atoms with Crippen molar-refractivity contribution in [1.82, 2.24) is 0 Å². The van der Waals surface area contributed by atoms with E-state index in [1.165, 1.54) is 24.3 Å². The second-order valence-electron chi connectivity index (χ2n) is 7.44. The summed E-state index contributed by atoms with van der Waals surface area (Å²) in [5, 5.41) is 3.14. The molecule has 32 heavy (non-hydrogen) atoms. The van der Waals surface area contributed by atoms with Crippen molar-refractivity contribution >= 4 is 38.9 Å². The van der Waals surface area contributed by atoms with Crippen LogP contribution in [-0.4, -0.2) is 20.9 Å². The van der Waals surface area contributed by atoms with E-state index in [0.29, 0.717) is 34.5 Å². The molecule has 0 aliphatic heterocycles. The van der Waals surface area contributed by atoms with Crippen molar-refractivity contribution in [2.24, 2.45) is 0 Å². The average Bonchev–Trinajstić information content (AvgIpc) is 2.75. The van der Waals surface area contributed by atoms with Gasteiger partial charge in [-0.25, -0.2) is 8.42 Å². The Bertz CT molecular complexity index is 1210. The zero-order valence-corrected chi connectivity index (χ0v) is 19.6. The third-order valence-electron chi connectivity index (χ3n) is 4.73. The summed E-state index contributed by atoms with van der Waals surface area (Å²) >= 11 is 5.97. The van der Waals surface area contributed by atoms with Gasteiger partial charge in [0.25, 0.3) is 15.9 Å². The first-order valence-electron chi connectivity index (χ1n) is 10.2. The maximum atomic E-state index is 13.0. The van der Waals surface area contributed by atoms with Gasteiger partial charge in [-0.3, -0.25) is 9.52 Å². The van der Waals surface area contributed by atoms with Gasteiger partial charge in [-0.2, -0.15) is 0 Å². The molecular weight excluding hydrogens is 448 g/mol. The molecule has 3 aromatic rings. The fourth-order valence-corrected chi connectivity index (χ4v) is 4.30. The van der Waals surface area contributed by atoms with Gasteiger partial charge in [-0.15, -0.1) is 0 Å². The molecule has 0 aromatic heterocycles. The molecule has 1 amide bonds. The smallest absolute Gasteiger partial charge is 0.261 e. The molecule has 168 valence electrons. The van der Waals surface area contributed by atoms with Gasteiger partial charge in [0.2, 0.25) is 0 Å². The molecule has 8 heteroatoms. The first kappa shape index (κ1) is 23.6. The van der Waals surface area contributed by atoms with Crippen molar-refractivity contribution in [2.45, 2.75) is 31.6 Å². The molecule has 3 aromatic carbocycles. The Morgan fingerprint density at radius 1 is 1.03 bits per heavy atom. The van der Waals surface area contributed by atoms with Crippen LogP contribution in [0.4, 0.5) is 11.4 Å². The van der Waals surface area contributed by atoms with Gasteiger partial charge in [0.05, 0.1) is 17.2 Å². The molecule has 0 heterocycles.